The Kier molecular flexibility index (Phi) is 4.82. The number of rotatable bonds is 5. The Hall–Kier alpha value is -1.07. The first-order chi connectivity index (χ1) is 9.13. The summed E-state index contributed by atoms with van der Waals surface area (Å²) in [5, 5.41) is 5.47. The van der Waals surface area contributed by atoms with E-state index >= 15 is 0 Å². The van der Waals surface area contributed by atoms with Crippen molar-refractivity contribution in [2.75, 3.05) is 0 Å². The van der Waals surface area contributed by atoms with Gasteiger partial charge in [0, 0.05) is 16.9 Å². The van der Waals surface area contributed by atoms with Crippen molar-refractivity contribution in [3.63, 3.8) is 0 Å². The highest BCUT2D eigenvalue weighted by Gasteiger charge is 2.11. The van der Waals surface area contributed by atoms with Crippen LogP contribution in [0, 0.1) is 0 Å². The van der Waals surface area contributed by atoms with Gasteiger partial charge in [-0.1, -0.05) is 39.7 Å². The second kappa shape index (κ2) is 6.39. The van der Waals surface area contributed by atoms with Crippen LogP contribution in [0.3, 0.4) is 0 Å². The van der Waals surface area contributed by atoms with Crippen molar-refractivity contribution in [3.8, 4) is 5.75 Å². The summed E-state index contributed by atoms with van der Waals surface area (Å²) in [4.78, 5) is 4.21. The van der Waals surface area contributed by atoms with Gasteiger partial charge in [0.1, 0.15) is 18.7 Å². The molecule has 6 heteroatoms. The number of hydrogen-bond donors (Lipinski definition) is 0. The molecule has 0 aliphatic carbocycles. The molecular formula is C13H15BrClN3O. The van der Waals surface area contributed by atoms with E-state index in [9.17, 15) is 0 Å². The zero-order chi connectivity index (χ0) is 13.8. The zero-order valence-corrected chi connectivity index (χ0v) is 13.1. The van der Waals surface area contributed by atoms with Crippen molar-refractivity contribution in [1.29, 1.82) is 0 Å². The quantitative estimate of drug-likeness (QED) is 0.770. The molecule has 1 heterocycles. The van der Waals surface area contributed by atoms with Crippen LogP contribution < -0.4 is 4.74 Å². The molecule has 2 rings (SSSR count). The Balaban J connectivity index is 2.17. The van der Waals surface area contributed by atoms with Gasteiger partial charge in [-0.05, 0) is 19.9 Å². The molecule has 0 atom stereocenters. The normalized spacial score (nSPS) is 11.0. The number of benzene rings is 1. The van der Waals surface area contributed by atoms with Crippen molar-refractivity contribution in [2.45, 2.75) is 31.8 Å². The molecule has 0 aliphatic rings. The van der Waals surface area contributed by atoms with Crippen LogP contribution in [-0.4, -0.2) is 14.8 Å². The van der Waals surface area contributed by atoms with E-state index in [2.05, 4.69) is 39.9 Å². The number of para-hydroxylation sites is 1. The van der Waals surface area contributed by atoms with Crippen LogP contribution in [0.15, 0.2) is 24.5 Å². The number of alkyl halides is 1. The van der Waals surface area contributed by atoms with E-state index in [1.54, 1.807) is 0 Å². The van der Waals surface area contributed by atoms with Crippen molar-refractivity contribution in [3.05, 3.63) is 40.9 Å². The summed E-state index contributed by atoms with van der Waals surface area (Å²) in [7, 11) is 0. The summed E-state index contributed by atoms with van der Waals surface area (Å²) >= 11 is 9.59. The Morgan fingerprint density at radius 2 is 2.21 bits per heavy atom. The van der Waals surface area contributed by atoms with Gasteiger partial charge in [0.25, 0.3) is 0 Å². The third kappa shape index (κ3) is 3.28. The number of aromatic nitrogens is 3. The summed E-state index contributed by atoms with van der Waals surface area (Å²) in [6.07, 6.45) is 1.54. The molecule has 2 aromatic rings. The minimum absolute atomic E-state index is 0.253. The lowest BCUT2D eigenvalue weighted by molar-refractivity contribution is 0.280. The molecule has 0 saturated carbocycles. The second-order valence-electron chi connectivity index (χ2n) is 4.36. The summed E-state index contributed by atoms with van der Waals surface area (Å²) < 4.78 is 7.65. The summed E-state index contributed by atoms with van der Waals surface area (Å²) in [5.41, 5.74) is 1.02. The van der Waals surface area contributed by atoms with E-state index in [4.69, 9.17) is 16.3 Å². The predicted molar refractivity (Wildman–Crippen MR) is 78.8 cm³/mol. The smallest absolute Gasteiger partial charge is 0.165 e. The molecule has 4 nitrogen and oxygen atoms in total. The van der Waals surface area contributed by atoms with Gasteiger partial charge in [-0.15, -0.1) is 0 Å². The minimum atomic E-state index is 0.253. The number of nitrogens with zero attached hydrogens (tertiary/aromatic N) is 3. The fourth-order valence-corrected chi connectivity index (χ4v) is 2.46. The highest BCUT2D eigenvalue weighted by Crippen LogP contribution is 2.30. The zero-order valence-electron chi connectivity index (χ0n) is 10.8. The predicted octanol–water partition coefficient (Wildman–Crippen LogP) is 3.99. The molecule has 0 bridgehead atoms. The maximum Gasteiger partial charge on any atom is 0.165 e. The Morgan fingerprint density at radius 1 is 1.42 bits per heavy atom. The lowest BCUT2D eigenvalue weighted by Crippen LogP contribution is -2.11. The van der Waals surface area contributed by atoms with Gasteiger partial charge in [0.2, 0.25) is 0 Å². The maximum atomic E-state index is 6.16. The number of hydrogen-bond acceptors (Lipinski definition) is 3. The molecule has 0 saturated heterocycles. The largest absolute Gasteiger partial charge is 0.484 e. The average molecular weight is 345 g/mol. The third-order valence-corrected chi connectivity index (χ3v) is 3.58. The second-order valence-corrected chi connectivity index (χ2v) is 5.33. The summed E-state index contributed by atoms with van der Waals surface area (Å²) in [5.74, 6) is 1.48. The SMILES string of the molecule is CC(C)n1ncnc1COc1c(Cl)cccc1CBr. The van der Waals surface area contributed by atoms with Gasteiger partial charge in [0.15, 0.2) is 5.82 Å². The molecule has 0 N–H and O–H groups in total. The molecule has 0 spiro atoms. The minimum Gasteiger partial charge on any atom is -0.484 e. The van der Waals surface area contributed by atoms with Gasteiger partial charge in [-0.3, -0.25) is 0 Å². The van der Waals surface area contributed by atoms with E-state index in [1.165, 1.54) is 6.33 Å². The first-order valence-electron chi connectivity index (χ1n) is 5.98. The van der Waals surface area contributed by atoms with Crippen LogP contribution in [-0.2, 0) is 11.9 Å². The fraction of sp³-hybridized carbons (Fsp3) is 0.385. The molecule has 102 valence electrons. The lowest BCUT2D eigenvalue weighted by Gasteiger charge is -2.13. The van der Waals surface area contributed by atoms with Gasteiger partial charge in [0.05, 0.1) is 5.02 Å². The van der Waals surface area contributed by atoms with Crippen molar-refractivity contribution in [1.82, 2.24) is 14.8 Å². The van der Waals surface area contributed by atoms with Crippen molar-refractivity contribution < 1.29 is 4.74 Å². The Labute approximate surface area is 125 Å². The lowest BCUT2D eigenvalue weighted by atomic mass is 10.2. The third-order valence-electron chi connectivity index (χ3n) is 2.67. The topological polar surface area (TPSA) is 39.9 Å². The van der Waals surface area contributed by atoms with Crippen LogP contribution in [0.2, 0.25) is 5.02 Å². The molecule has 0 fully saturated rings. The molecule has 0 amide bonds. The average Bonchev–Trinajstić information content (AvgIpc) is 2.85. The molecule has 19 heavy (non-hydrogen) atoms. The molecule has 0 radical (unpaired) electrons. The molecule has 0 aliphatic heterocycles. The Morgan fingerprint density at radius 3 is 2.89 bits per heavy atom. The fourth-order valence-electron chi connectivity index (χ4n) is 1.77. The van der Waals surface area contributed by atoms with Crippen LogP contribution in [0.1, 0.15) is 31.3 Å². The Bertz CT molecular complexity index is 557. The molecule has 1 aromatic heterocycles. The van der Waals surface area contributed by atoms with Crippen LogP contribution in [0.4, 0.5) is 0 Å². The monoisotopic (exact) mass is 343 g/mol. The molecule has 1 aromatic carbocycles. The highest BCUT2D eigenvalue weighted by atomic mass is 79.9. The van der Waals surface area contributed by atoms with E-state index in [-0.39, 0.29) is 6.04 Å². The van der Waals surface area contributed by atoms with Gasteiger partial charge in [-0.2, -0.15) is 5.10 Å². The van der Waals surface area contributed by atoms with Crippen LogP contribution in [0.25, 0.3) is 0 Å². The van der Waals surface area contributed by atoms with Gasteiger partial charge in [-0.25, -0.2) is 9.67 Å². The molecular weight excluding hydrogens is 330 g/mol. The molecule has 0 unspecified atom stereocenters. The number of ether oxygens (including phenoxy) is 1. The van der Waals surface area contributed by atoms with Crippen molar-refractivity contribution in [2.24, 2.45) is 0 Å². The van der Waals surface area contributed by atoms with Gasteiger partial charge >= 0.3 is 0 Å². The maximum absolute atomic E-state index is 6.16. The summed E-state index contributed by atoms with van der Waals surface area (Å²) in [6.45, 7) is 4.46. The first-order valence-corrected chi connectivity index (χ1v) is 7.48. The van der Waals surface area contributed by atoms with E-state index in [0.717, 1.165) is 11.4 Å². The van der Waals surface area contributed by atoms with E-state index in [0.29, 0.717) is 22.7 Å². The highest BCUT2D eigenvalue weighted by molar-refractivity contribution is 9.08. The van der Waals surface area contributed by atoms with E-state index < -0.39 is 0 Å². The first kappa shape index (κ1) is 14.3. The standard InChI is InChI=1S/C13H15BrClN3O/c1-9(2)18-12(16-8-17-18)7-19-13-10(6-14)4-3-5-11(13)15/h3-5,8-9H,6-7H2,1-2H3. The summed E-state index contributed by atoms with van der Waals surface area (Å²) in [6, 6.07) is 5.95. The van der Waals surface area contributed by atoms with Crippen LogP contribution in [0.5, 0.6) is 5.75 Å². The van der Waals surface area contributed by atoms with Crippen LogP contribution >= 0.6 is 27.5 Å². The number of halogens is 2. The van der Waals surface area contributed by atoms with Crippen molar-refractivity contribution >= 4 is 27.5 Å². The van der Waals surface area contributed by atoms with Gasteiger partial charge < -0.3 is 4.74 Å². The van der Waals surface area contributed by atoms with E-state index in [1.807, 2.05) is 22.9 Å².